The van der Waals surface area contributed by atoms with Gasteiger partial charge in [-0.15, -0.1) is 12.4 Å². The van der Waals surface area contributed by atoms with Crippen molar-refractivity contribution < 1.29 is 14.3 Å². The van der Waals surface area contributed by atoms with Crippen LogP contribution < -0.4 is 10.1 Å². The van der Waals surface area contributed by atoms with Crippen LogP contribution >= 0.6 is 12.4 Å². The van der Waals surface area contributed by atoms with Gasteiger partial charge >= 0.3 is 0 Å². The van der Waals surface area contributed by atoms with Gasteiger partial charge in [-0.25, -0.2) is 0 Å². The molecule has 2 aromatic carbocycles. The van der Waals surface area contributed by atoms with Gasteiger partial charge in [0.25, 0.3) is 0 Å². The molecule has 0 aromatic heterocycles. The van der Waals surface area contributed by atoms with Crippen molar-refractivity contribution in [1.29, 1.82) is 0 Å². The van der Waals surface area contributed by atoms with Gasteiger partial charge in [0.05, 0.1) is 0 Å². The number of ether oxygens (including phenoxy) is 1. The standard InChI is InChI=1S/C29H39N3O3.ClH/c1-5-22(4)32-27(33)26(19-21(2)3)30-28(34)29(32)15-17-31(18-16-29)20-23-11-13-25(14-12-23)35-24-9-7-6-8-10-24;/h6-14,21-22,26H,5,15-20H2,1-4H3,(H,30,34);1H. The summed E-state index contributed by atoms with van der Waals surface area (Å²) in [6, 6.07) is 17.6. The molecule has 4 rings (SSSR count). The molecule has 1 N–H and O–H groups in total. The van der Waals surface area contributed by atoms with Gasteiger partial charge in [-0.05, 0) is 68.4 Å². The summed E-state index contributed by atoms with van der Waals surface area (Å²) in [5.74, 6) is 2.11. The number of carbonyl (C=O) groups is 2. The first kappa shape index (κ1) is 28.0. The minimum atomic E-state index is -0.732. The monoisotopic (exact) mass is 513 g/mol. The number of piperazine rings is 1. The Morgan fingerprint density at radius 2 is 1.58 bits per heavy atom. The van der Waals surface area contributed by atoms with Crippen LogP contribution in [-0.2, 0) is 16.1 Å². The molecule has 0 radical (unpaired) electrons. The highest BCUT2D eigenvalue weighted by molar-refractivity contribution is 6.00. The molecule has 2 aromatic rings. The zero-order chi connectivity index (χ0) is 25.0. The Bertz CT molecular complexity index is 1000. The van der Waals surface area contributed by atoms with Gasteiger partial charge in [0.2, 0.25) is 11.8 Å². The molecule has 6 nitrogen and oxygen atoms in total. The highest BCUT2D eigenvalue weighted by Gasteiger charge is 2.54. The lowest BCUT2D eigenvalue weighted by Gasteiger charge is -2.54. The van der Waals surface area contributed by atoms with Crippen LogP contribution in [0.5, 0.6) is 11.5 Å². The fourth-order valence-electron chi connectivity index (χ4n) is 5.39. The molecule has 2 amide bonds. The average Bonchev–Trinajstić information content (AvgIpc) is 2.85. The number of nitrogens with one attached hydrogen (secondary N) is 1. The van der Waals surface area contributed by atoms with Crippen LogP contribution in [-0.4, -0.2) is 52.3 Å². The van der Waals surface area contributed by atoms with Gasteiger partial charge in [-0.3, -0.25) is 14.5 Å². The lowest BCUT2D eigenvalue weighted by Crippen LogP contribution is -2.74. The number of nitrogens with zero attached hydrogens (tertiary/aromatic N) is 2. The number of likely N-dealkylation sites (tertiary alicyclic amines) is 1. The predicted octanol–water partition coefficient (Wildman–Crippen LogP) is 5.41. The highest BCUT2D eigenvalue weighted by Crippen LogP contribution is 2.36. The summed E-state index contributed by atoms with van der Waals surface area (Å²) >= 11 is 0. The third kappa shape index (κ3) is 6.04. The van der Waals surface area contributed by atoms with Crippen molar-refractivity contribution in [3.8, 4) is 11.5 Å². The summed E-state index contributed by atoms with van der Waals surface area (Å²) in [5.41, 5.74) is 0.477. The van der Waals surface area contributed by atoms with E-state index in [-0.39, 0.29) is 30.3 Å². The molecule has 7 heteroatoms. The van der Waals surface area contributed by atoms with E-state index in [2.05, 4.69) is 50.0 Å². The first-order valence-corrected chi connectivity index (χ1v) is 13.0. The topological polar surface area (TPSA) is 61.9 Å². The van der Waals surface area contributed by atoms with E-state index in [1.807, 2.05) is 47.4 Å². The minimum absolute atomic E-state index is 0. The summed E-state index contributed by atoms with van der Waals surface area (Å²) < 4.78 is 5.90. The normalized spacial score (nSPS) is 20.7. The third-order valence-corrected chi connectivity index (χ3v) is 7.46. The quantitative estimate of drug-likeness (QED) is 0.513. The van der Waals surface area contributed by atoms with E-state index in [0.29, 0.717) is 25.2 Å². The number of piperidine rings is 1. The first-order valence-electron chi connectivity index (χ1n) is 13.0. The van der Waals surface area contributed by atoms with Crippen molar-refractivity contribution >= 4 is 24.2 Å². The van der Waals surface area contributed by atoms with E-state index in [4.69, 9.17) is 4.74 Å². The summed E-state index contributed by atoms with van der Waals surface area (Å²) in [6.45, 7) is 10.7. The van der Waals surface area contributed by atoms with Gasteiger partial charge in [0, 0.05) is 25.7 Å². The zero-order valence-corrected chi connectivity index (χ0v) is 22.7. The lowest BCUT2D eigenvalue weighted by molar-refractivity contribution is -0.165. The molecule has 0 saturated carbocycles. The van der Waals surface area contributed by atoms with Crippen molar-refractivity contribution in [1.82, 2.24) is 15.1 Å². The van der Waals surface area contributed by atoms with Crippen molar-refractivity contribution in [2.24, 2.45) is 5.92 Å². The van der Waals surface area contributed by atoms with E-state index in [1.54, 1.807) is 0 Å². The molecule has 36 heavy (non-hydrogen) atoms. The second kappa shape index (κ2) is 12.1. The maximum Gasteiger partial charge on any atom is 0.246 e. The predicted molar refractivity (Wildman–Crippen MR) is 145 cm³/mol. The van der Waals surface area contributed by atoms with Crippen molar-refractivity contribution in [2.75, 3.05) is 13.1 Å². The maximum atomic E-state index is 13.5. The Balaban J connectivity index is 0.00000361. The summed E-state index contributed by atoms with van der Waals surface area (Å²) in [5, 5.41) is 3.10. The molecule has 2 heterocycles. The Morgan fingerprint density at radius 3 is 2.17 bits per heavy atom. The number of benzene rings is 2. The Morgan fingerprint density at radius 1 is 0.972 bits per heavy atom. The SMILES string of the molecule is CCC(C)N1C(=O)C(CC(C)C)NC(=O)C12CCN(Cc1ccc(Oc3ccccc3)cc1)CC2.Cl. The number of para-hydroxylation sites is 1. The van der Waals surface area contributed by atoms with Crippen LogP contribution in [0.15, 0.2) is 54.6 Å². The lowest BCUT2D eigenvalue weighted by atomic mass is 9.79. The fraction of sp³-hybridized carbons (Fsp3) is 0.517. The second-order valence-electron chi connectivity index (χ2n) is 10.5. The van der Waals surface area contributed by atoms with Crippen LogP contribution in [0.3, 0.4) is 0 Å². The van der Waals surface area contributed by atoms with Crippen LogP contribution in [0.4, 0.5) is 0 Å². The molecule has 2 aliphatic heterocycles. The van der Waals surface area contributed by atoms with Gasteiger partial charge in [-0.1, -0.05) is 51.1 Å². The van der Waals surface area contributed by atoms with E-state index in [0.717, 1.165) is 37.6 Å². The second-order valence-corrected chi connectivity index (χ2v) is 10.5. The minimum Gasteiger partial charge on any atom is -0.457 e. The Labute approximate surface area is 221 Å². The van der Waals surface area contributed by atoms with Crippen molar-refractivity contribution in [3.63, 3.8) is 0 Å². The van der Waals surface area contributed by atoms with Crippen LogP contribution in [0, 0.1) is 5.92 Å². The molecule has 0 bridgehead atoms. The smallest absolute Gasteiger partial charge is 0.246 e. The molecule has 196 valence electrons. The van der Waals surface area contributed by atoms with Crippen molar-refractivity contribution in [2.45, 2.75) is 77.5 Å². The number of hydrogen-bond donors (Lipinski definition) is 1. The highest BCUT2D eigenvalue weighted by atomic mass is 35.5. The van der Waals surface area contributed by atoms with E-state index in [9.17, 15) is 9.59 Å². The Hall–Kier alpha value is -2.57. The van der Waals surface area contributed by atoms with Gasteiger partial charge in [0.1, 0.15) is 23.1 Å². The van der Waals surface area contributed by atoms with Crippen LogP contribution in [0.25, 0.3) is 0 Å². The Kier molecular flexibility index (Phi) is 9.42. The summed E-state index contributed by atoms with van der Waals surface area (Å²) in [6.07, 6.45) is 2.86. The molecule has 2 fully saturated rings. The van der Waals surface area contributed by atoms with Crippen LogP contribution in [0.2, 0.25) is 0 Å². The average molecular weight is 514 g/mol. The maximum absolute atomic E-state index is 13.5. The fourth-order valence-corrected chi connectivity index (χ4v) is 5.39. The number of rotatable bonds is 8. The zero-order valence-electron chi connectivity index (χ0n) is 21.9. The van der Waals surface area contributed by atoms with Gasteiger partial charge in [0.15, 0.2) is 0 Å². The molecule has 2 unspecified atom stereocenters. The molecule has 2 saturated heterocycles. The van der Waals surface area contributed by atoms with Gasteiger partial charge < -0.3 is 15.0 Å². The summed E-state index contributed by atoms with van der Waals surface area (Å²) in [4.78, 5) is 31.3. The molecular weight excluding hydrogens is 474 g/mol. The molecule has 2 atom stereocenters. The molecule has 0 aliphatic carbocycles. The van der Waals surface area contributed by atoms with Crippen LogP contribution in [0.1, 0.15) is 58.9 Å². The first-order chi connectivity index (χ1) is 16.8. The number of amides is 2. The molecular formula is C29H40ClN3O3. The number of carbonyl (C=O) groups excluding carboxylic acids is 2. The molecule has 1 spiro atoms. The molecule has 2 aliphatic rings. The largest absolute Gasteiger partial charge is 0.457 e. The summed E-state index contributed by atoms with van der Waals surface area (Å²) in [7, 11) is 0. The number of hydrogen-bond acceptors (Lipinski definition) is 4. The van der Waals surface area contributed by atoms with Crippen molar-refractivity contribution in [3.05, 3.63) is 60.2 Å². The third-order valence-electron chi connectivity index (χ3n) is 7.46. The van der Waals surface area contributed by atoms with E-state index >= 15 is 0 Å². The van der Waals surface area contributed by atoms with Gasteiger partial charge in [-0.2, -0.15) is 0 Å². The number of halogens is 1. The van der Waals surface area contributed by atoms with E-state index < -0.39 is 11.6 Å². The van der Waals surface area contributed by atoms with E-state index in [1.165, 1.54) is 5.56 Å².